The zero-order valence-corrected chi connectivity index (χ0v) is 17.3. The van der Waals surface area contributed by atoms with Gasteiger partial charge in [-0.2, -0.15) is 4.31 Å². The number of sulfonamides is 1. The van der Waals surface area contributed by atoms with Gasteiger partial charge < -0.3 is 10.1 Å². The van der Waals surface area contributed by atoms with Gasteiger partial charge in [0, 0.05) is 19.7 Å². The van der Waals surface area contributed by atoms with Crippen molar-refractivity contribution in [3.8, 4) is 0 Å². The van der Waals surface area contributed by atoms with Crippen LogP contribution >= 0.6 is 0 Å². The number of benzene rings is 1. The van der Waals surface area contributed by atoms with Gasteiger partial charge in [-0.1, -0.05) is 12.8 Å². The fourth-order valence-electron chi connectivity index (χ4n) is 3.55. The molecule has 0 heterocycles. The fourth-order valence-corrected chi connectivity index (χ4v) is 4.97. The smallest absolute Gasteiger partial charge is 0.243 e. The number of nitrogens with one attached hydrogen (secondary N) is 1. The maximum absolute atomic E-state index is 13.1. The summed E-state index contributed by atoms with van der Waals surface area (Å²) in [6.45, 7) is 1.86. The van der Waals surface area contributed by atoms with Crippen LogP contribution in [-0.2, 0) is 14.8 Å². The second-order valence-corrected chi connectivity index (χ2v) is 9.29. The number of ether oxygens (including phenoxy) is 1. The lowest BCUT2D eigenvalue weighted by Crippen LogP contribution is -2.40. The lowest BCUT2D eigenvalue weighted by Gasteiger charge is -2.34. The summed E-state index contributed by atoms with van der Waals surface area (Å²) in [5.74, 6) is -0.434. The summed E-state index contributed by atoms with van der Waals surface area (Å²) in [6, 6.07) is 4.99. The van der Waals surface area contributed by atoms with Crippen LogP contribution in [0, 0.1) is 5.82 Å². The van der Waals surface area contributed by atoms with E-state index in [0.717, 1.165) is 45.3 Å². The van der Waals surface area contributed by atoms with Crippen molar-refractivity contribution in [1.29, 1.82) is 0 Å². The predicted molar refractivity (Wildman–Crippen MR) is 106 cm³/mol. The molecule has 7 heteroatoms. The molecule has 27 heavy (non-hydrogen) atoms. The molecule has 1 N–H and O–H groups in total. The molecule has 0 atom stereocenters. The standard InChI is InChI=1S/C20H33FN2O3S/c1-22-15-5-3-4-6-16-26-19-11-9-18(10-12-19)23(2)27(24,25)20-13-7-17(21)8-14-20/h7-8,13-14,18-19,22H,3-6,9-12,15-16H2,1-2H3/t18-,19-. The molecule has 0 amide bonds. The summed E-state index contributed by atoms with van der Waals surface area (Å²) < 4.78 is 45.9. The molecule has 154 valence electrons. The third kappa shape index (κ3) is 6.82. The molecule has 5 nitrogen and oxygen atoms in total. The zero-order valence-electron chi connectivity index (χ0n) is 16.5. The second kappa shape index (κ2) is 11.1. The Hall–Kier alpha value is -1.02. The Morgan fingerprint density at radius 3 is 2.33 bits per heavy atom. The van der Waals surface area contributed by atoms with E-state index in [4.69, 9.17) is 4.74 Å². The summed E-state index contributed by atoms with van der Waals surface area (Å²) in [5.41, 5.74) is 0. The van der Waals surface area contributed by atoms with Crippen LogP contribution < -0.4 is 5.32 Å². The maximum atomic E-state index is 13.1. The van der Waals surface area contributed by atoms with E-state index < -0.39 is 15.8 Å². The van der Waals surface area contributed by atoms with E-state index in [-0.39, 0.29) is 17.0 Å². The van der Waals surface area contributed by atoms with Crippen molar-refractivity contribution >= 4 is 10.0 Å². The highest BCUT2D eigenvalue weighted by Crippen LogP contribution is 2.28. The zero-order chi connectivity index (χ0) is 19.7. The summed E-state index contributed by atoms with van der Waals surface area (Å²) >= 11 is 0. The molecule has 1 saturated carbocycles. The number of hydrogen-bond donors (Lipinski definition) is 1. The van der Waals surface area contributed by atoms with E-state index >= 15 is 0 Å². The van der Waals surface area contributed by atoms with Gasteiger partial charge in [0.1, 0.15) is 5.82 Å². The van der Waals surface area contributed by atoms with Crippen molar-refractivity contribution in [2.45, 2.75) is 68.4 Å². The predicted octanol–water partition coefficient (Wildman–Crippen LogP) is 3.55. The first-order valence-electron chi connectivity index (χ1n) is 9.95. The lowest BCUT2D eigenvalue weighted by atomic mass is 9.93. The van der Waals surface area contributed by atoms with Gasteiger partial charge in [-0.3, -0.25) is 0 Å². The summed E-state index contributed by atoms with van der Waals surface area (Å²) in [5, 5.41) is 3.15. The normalized spacial score (nSPS) is 20.9. The number of hydrogen-bond acceptors (Lipinski definition) is 4. The van der Waals surface area contributed by atoms with E-state index in [0.29, 0.717) is 0 Å². The average Bonchev–Trinajstić information content (AvgIpc) is 2.67. The lowest BCUT2D eigenvalue weighted by molar-refractivity contribution is 0.0157. The molecule has 1 aromatic rings. The Labute approximate surface area is 163 Å². The van der Waals surface area contributed by atoms with E-state index in [1.165, 1.54) is 47.8 Å². The highest BCUT2D eigenvalue weighted by atomic mass is 32.2. The Morgan fingerprint density at radius 2 is 1.70 bits per heavy atom. The molecular weight excluding hydrogens is 367 g/mol. The summed E-state index contributed by atoms with van der Waals surface area (Å²) in [7, 11) is 0.0106. The van der Waals surface area contributed by atoms with Crippen LogP contribution in [0.1, 0.15) is 51.4 Å². The van der Waals surface area contributed by atoms with Gasteiger partial charge in [0.15, 0.2) is 0 Å². The van der Waals surface area contributed by atoms with Crippen LogP contribution in [0.15, 0.2) is 29.2 Å². The quantitative estimate of drug-likeness (QED) is 0.577. The minimum atomic E-state index is -3.58. The van der Waals surface area contributed by atoms with Crippen molar-refractivity contribution in [3.05, 3.63) is 30.1 Å². The molecule has 2 rings (SSSR count). The molecule has 1 aromatic carbocycles. The molecule has 1 aliphatic carbocycles. The fraction of sp³-hybridized carbons (Fsp3) is 0.700. The molecule has 0 spiro atoms. The molecule has 0 unspecified atom stereocenters. The molecule has 0 saturated heterocycles. The van der Waals surface area contributed by atoms with Gasteiger partial charge in [-0.05, 0) is 76.4 Å². The molecule has 0 bridgehead atoms. The van der Waals surface area contributed by atoms with Crippen molar-refractivity contribution in [2.75, 3.05) is 27.2 Å². The average molecular weight is 401 g/mol. The first-order chi connectivity index (χ1) is 12.9. The first kappa shape index (κ1) is 22.3. The van der Waals surface area contributed by atoms with E-state index in [9.17, 15) is 12.8 Å². The molecule has 0 radical (unpaired) electrons. The van der Waals surface area contributed by atoms with E-state index in [1.807, 2.05) is 7.05 Å². The number of nitrogens with zero attached hydrogens (tertiary/aromatic N) is 1. The Morgan fingerprint density at radius 1 is 1.07 bits per heavy atom. The Kier molecular flexibility index (Phi) is 9.15. The third-order valence-electron chi connectivity index (χ3n) is 5.32. The van der Waals surface area contributed by atoms with E-state index in [1.54, 1.807) is 7.05 Å². The number of unbranched alkanes of at least 4 members (excludes halogenated alkanes) is 3. The van der Waals surface area contributed by atoms with Crippen LogP contribution in [0.5, 0.6) is 0 Å². The number of rotatable bonds is 11. The summed E-state index contributed by atoms with van der Waals surface area (Å²) in [6.07, 6.45) is 8.30. The van der Waals surface area contributed by atoms with Crippen molar-refractivity contribution in [3.63, 3.8) is 0 Å². The van der Waals surface area contributed by atoms with Crippen LogP contribution in [0.3, 0.4) is 0 Å². The van der Waals surface area contributed by atoms with Gasteiger partial charge >= 0.3 is 0 Å². The van der Waals surface area contributed by atoms with Crippen molar-refractivity contribution < 1.29 is 17.5 Å². The summed E-state index contributed by atoms with van der Waals surface area (Å²) in [4.78, 5) is 0.142. The van der Waals surface area contributed by atoms with Gasteiger partial charge in [0.2, 0.25) is 10.0 Å². The van der Waals surface area contributed by atoms with Gasteiger partial charge in [-0.15, -0.1) is 0 Å². The van der Waals surface area contributed by atoms with Gasteiger partial charge in [0.05, 0.1) is 11.0 Å². The topological polar surface area (TPSA) is 58.6 Å². The Balaban J connectivity index is 1.72. The van der Waals surface area contributed by atoms with Gasteiger partial charge in [-0.25, -0.2) is 12.8 Å². The van der Waals surface area contributed by atoms with E-state index in [2.05, 4.69) is 5.32 Å². The largest absolute Gasteiger partial charge is 0.378 e. The Bertz CT molecular complexity index is 644. The first-order valence-corrected chi connectivity index (χ1v) is 11.4. The second-order valence-electron chi connectivity index (χ2n) is 7.29. The number of halogens is 1. The van der Waals surface area contributed by atoms with Crippen LogP contribution in [-0.4, -0.2) is 52.1 Å². The molecule has 0 aliphatic heterocycles. The molecule has 1 fully saturated rings. The monoisotopic (exact) mass is 400 g/mol. The maximum Gasteiger partial charge on any atom is 0.243 e. The van der Waals surface area contributed by atoms with Crippen molar-refractivity contribution in [2.24, 2.45) is 0 Å². The highest BCUT2D eigenvalue weighted by molar-refractivity contribution is 7.89. The highest BCUT2D eigenvalue weighted by Gasteiger charge is 2.31. The van der Waals surface area contributed by atoms with Crippen LogP contribution in [0.2, 0.25) is 0 Å². The molecular formula is C20H33FN2O3S. The van der Waals surface area contributed by atoms with Crippen LogP contribution in [0.4, 0.5) is 4.39 Å². The third-order valence-corrected chi connectivity index (χ3v) is 7.25. The SMILES string of the molecule is CNCCCCCCO[C@H]1CC[C@H](N(C)S(=O)(=O)c2ccc(F)cc2)CC1. The van der Waals surface area contributed by atoms with Crippen molar-refractivity contribution in [1.82, 2.24) is 9.62 Å². The minimum absolute atomic E-state index is 0.0264. The van der Waals surface area contributed by atoms with Crippen LogP contribution in [0.25, 0.3) is 0 Å². The molecule has 1 aliphatic rings. The van der Waals surface area contributed by atoms with Gasteiger partial charge in [0.25, 0.3) is 0 Å². The minimum Gasteiger partial charge on any atom is -0.378 e. The molecule has 0 aromatic heterocycles.